The van der Waals surface area contributed by atoms with Crippen LogP contribution in [0.25, 0.3) is 10.8 Å². The van der Waals surface area contributed by atoms with Gasteiger partial charge in [0.25, 0.3) is 5.91 Å². The molecule has 29 heavy (non-hydrogen) atoms. The molecule has 0 spiro atoms. The van der Waals surface area contributed by atoms with Gasteiger partial charge >= 0.3 is 0 Å². The number of carbonyl (C=O) groups excluding carboxylic acids is 1. The first-order chi connectivity index (χ1) is 14.0. The number of nitrogens with zero attached hydrogens (tertiary/aromatic N) is 1. The van der Waals surface area contributed by atoms with E-state index >= 15 is 0 Å². The van der Waals surface area contributed by atoms with Crippen molar-refractivity contribution in [3.8, 4) is 23.0 Å². The number of aromatic hydroxyl groups is 1. The zero-order valence-corrected chi connectivity index (χ0v) is 16.6. The number of carbonyl (C=O) groups is 1. The summed E-state index contributed by atoms with van der Waals surface area (Å²) in [6, 6.07) is 14.1. The van der Waals surface area contributed by atoms with Gasteiger partial charge in [-0.25, -0.2) is 5.43 Å². The molecule has 7 nitrogen and oxygen atoms in total. The van der Waals surface area contributed by atoms with E-state index in [-0.39, 0.29) is 11.3 Å². The lowest BCUT2D eigenvalue weighted by Gasteiger charge is -2.14. The Morgan fingerprint density at radius 3 is 2.07 bits per heavy atom. The van der Waals surface area contributed by atoms with E-state index in [1.54, 1.807) is 31.2 Å². The molecular formula is C22H22N2O5. The highest BCUT2D eigenvalue weighted by atomic mass is 16.5. The number of amides is 1. The largest absolute Gasteiger partial charge is 0.507 e. The van der Waals surface area contributed by atoms with E-state index in [0.717, 1.165) is 10.8 Å². The summed E-state index contributed by atoms with van der Waals surface area (Å²) in [4.78, 5) is 12.5. The summed E-state index contributed by atoms with van der Waals surface area (Å²) in [5.74, 6) is 0.809. The Balaban J connectivity index is 1.88. The topological polar surface area (TPSA) is 89.4 Å². The molecule has 0 unspecified atom stereocenters. The third-order valence-electron chi connectivity index (χ3n) is 4.52. The summed E-state index contributed by atoms with van der Waals surface area (Å²) in [5.41, 5.74) is 3.83. The number of benzene rings is 3. The molecule has 3 rings (SSSR count). The van der Waals surface area contributed by atoms with Crippen molar-refractivity contribution in [2.75, 3.05) is 21.3 Å². The maximum Gasteiger partial charge on any atom is 0.275 e. The molecule has 0 aliphatic rings. The molecule has 0 radical (unpaired) electrons. The van der Waals surface area contributed by atoms with Crippen LogP contribution in [0.4, 0.5) is 0 Å². The van der Waals surface area contributed by atoms with Crippen LogP contribution in [0.3, 0.4) is 0 Å². The molecule has 0 aromatic heterocycles. The van der Waals surface area contributed by atoms with E-state index in [1.807, 2.05) is 24.3 Å². The van der Waals surface area contributed by atoms with Gasteiger partial charge < -0.3 is 19.3 Å². The van der Waals surface area contributed by atoms with Crippen LogP contribution in [-0.4, -0.2) is 38.1 Å². The summed E-state index contributed by atoms with van der Waals surface area (Å²) in [6.07, 6.45) is 0. The number of rotatable bonds is 6. The normalized spacial score (nSPS) is 11.2. The van der Waals surface area contributed by atoms with Crippen LogP contribution in [-0.2, 0) is 0 Å². The Hall–Kier alpha value is -3.74. The SMILES string of the molecule is COc1cc(/C(C)=N\NC(=O)c2cc3ccccc3cc2O)cc(OC)c1OC. The van der Waals surface area contributed by atoms with Crippen LogP contribution in [0, 0.1) is 0 Å². The third-order valence-corrected chi connectivity index (χ3v) is 4.52. The molecule has 0 saturated heterocycles. The first kappa shape index (κ1) is 20.0. The number of nitrogens with one attached hydrogen (secondary N) is 1. The number of phenolic OH excluding ortho intramolecular Hbond substituents is 1. The van der Waals surface area contributed by atoms with Gasteiger partial charge in [-0.05, 0) is 42.0 Å². The van der Waals surface area contributed by atoms with Crippen molar-refractivity contribution < 1.29 is 24.1 Å². The number of hydrogen-bond acceptors (Lipinski definition) is 6. The Bertz CT molecular complexity index is 1070. The van der Waals surface area contributed by atoms with E-state index < -0.39 is 5.91 Å². The summed E-state index contributed by atoms with van der Waals surface area (Å²) < 4.78 is 16.0. The molecule has 3 aromatic carbocycles. The predicted octanol–water partition coefficient (Wildman–Crippen LogP) is 3.73. The summed E-state index contributed by atoms with van der Waals surface area (Å²) in [5, 5.41) is 16.0. The summed E-state index contributed by atoms with van der Waals surface area (Å²) in [6.45, 7) is 1.74. The fourth-order valence-electron chi connectivity index (χ4n) is 2.96. The van der Waals surface area contributed by atoms with Crippen LogP contribution in [0.2, 0.25) is 0 Å². The molecule has 7 heteroatoms. The smallest absolute Gasteiger partial charge is 0.275 e. The minimum atomic E-state index is -0.514. The molecule has 150 valence electrons. The van der Waals surface area contributed by atoms with Crippen molar-refractivity contribution in [2.45, 2.75) is 6.92 Å². The molecule has 0 fully saturated rings. The average molecular weight is 394 g/mol. The highest BCUT2D eigenvalue weighted by Gasteiger charge is 2.15. The van der Waals surface area contributed by atoms with Crippen LogP contribution >= 0.6 is 0 Å². The van der Waals surface area contributed by atoms with Crippen molar-refractivity contribution in [1.29, 1.82) is 0 Å². The third kappa shape index (κ3) is 4.08. The maximum absolute atomic E-state index is 12.5. The van der Waals surface area contributed by atoms with Gasteiger partial charge in [-0.3, -0.25) is 4.79 Å². The number of methoxy groups -OCH3 is 3. The molecule has 1 amide bonds. The van der Waals surface area contributed by atoms with Crippen molar-refractivity contribution in [3.63, 3.8) is 0 Å². The lowest BCUT2D eigenvalue weighted by atomic mass is 10.1. The lowest BCUT2D eigenvalue weighted by Crippen LogP contribution is -2.19. The minimum absolute atomic E-state index is 0.109. The fourth-order valence-corrected chi connectivity index (χ4v) is 2.96. The number of hydrogen-bond donors (Lipinski definition) is 2. The Labute approximate surface area is 168 Å². The second-order valence-electron chi connectivity index (χ2n) is 6.27. The zero-order chi connectivity index (χ0) is 21.0. The zero-order valence-electron chi connectivity index (χ0n) is 16.6. The van der Waals surface area contributed by atoms with Crippen LogP contribution in [0.1, 0.15) is 22.8 Å². The van der Waals surface area contributed by atoms with Crippen molar-refractivity contribution in [2.24, 2.45) is 5.10 Å². The highest BCUT2D eigenvalue weighted by Crippen LogP contribution is 2.38. The monoisotopic (exact) mass is 394 g/mol. The van der Waals surface area contributed by atoms with Crippen molar-refractivity contribution in [3.05, 3.63) is 59.7 Å². The molecule has 0 aliphatic heterocycles. The molecule has 0 atom stereocenters. The van der Waals surface area contributed by atoms with Crippen LogP contribution < -0.4 is 19.6 Å². The van der Waals surface area contributed by atoms with Gasteiger partial charge in [0.1, 0.15) is 5.75 Å². The van der Waals surface area contributed by atoms with Crippen LogP contribution in [0.5, 0.6) is 23.0 Å². The summed E-state index contributed by atoms with van der Waals surface area (Å²) >= 11 is 0. The molecule has 0 saturated carbocycles. The highest BCUT2D eigenvalue weighted by molar-refractivity contribution is 6.04. The predicted molar refractivity (Wildman–Crippen MR) is 111 cm³/mol. The van der Waals surface area contributed by atoms with E-state index in [2.05, 4.69) is 10.5 Å². The van der Waals surface area contributed by atoms with Crippen LogP contribution in [0.15, 0.2) is 53.6 Å². The minimum Gasteiger partial charge on any atom is -0.507 e. The quantitative estimate of drug-likeness (QED) is 0.491. The number of hydrazone groups is 1. The van der Waals surface area contributed by atoms with Gasteiger partial charge in [0.05, 0.1) is 32.6 Å². The number of phenols is 1. The van der Waals surface area contributed by atoms with Crippen molar-refractivity contribution >= 4 is 22.4 Å². The molecule has 0 bridgehead atoms. The van der Waals surface area contributed by atoms with E-state index in [9.17, 15) is 9.90 Å². The standard InChI is InChI=1S/C22H22N2O5/c1-13(16-11-19(27-2)21(29-4)20(12-16)28-3)23-24-22(26)17-9-14-7-5-6-8-15(14)10-18(17)25/h5-12,25H,1-4H3,(H,24,26)/b23-13-. The first-order valence-corrected chi connectivity index (χ1v) is 8.85. The molecule has 0 heterocycles. The van der Waals surface area contributed by atoms with E-state index in [4.69, 9.17) is 14.2 Å². The first-order valence-electron chi connectivity index (χ1n) is 8.85. The molecule has 0 aliphatic carbocycles. The Morgan fingerprint density at radius 1 is 0.931 bits per heavy atom. The molecule has 3 aromatic rings. The van der Waals surface area contributed by atoms with E-state index in [1.165, 1.54) is 21.3 Å². The second-order valence-corrected chi connectivity index (χ2v) is 6.27. The molecular weight excluding hydrogens is 372 g/mol. The Kier molecular flexibility index (Phi) is 5.87. The average Bonchev–Trinajstić information content (AvgIpc) is 2.75. The summed E-state index contributed by atoms with van der Waals surface area (Å²) in [7, 11) is 4.58. The number of fused-ring (bicyclic) bond motifs is 1. The van der Waals surface area contributed by atoms with Gasteiger partial charge in [-0.1, -0.05) is 24.3 Å². The van der Waals surface area contributed by atoms with Gasteiger partial charge in [0.2, 0.25) is 5.75 Å². The maximum atomic E-state index is 12.5. The Morgan fingerprint density at radius 2 is 1.52 bits per heavy atom. The van der Waals surface area contributed by atoms with Gasteiger partial charge in [-0.2, -0.15) is 5.10 Å². The van der Waals surface area contributed by atoms with Crippen molar-refractivity contribution in [1.82, 2.24) is 5.43 Å². The lowest BCUT2D eigenvalue weighted by molar-refractivity contribution is 0.0952. The number of ether oxygens (including phenoxy) is 3. The fraction of sp³-hybridized carbons (Fsp3) is 0.182. The second kappa shape index (κ2) is 8.52. The van der Waals surface area contributed by atoms with Gasteiger partial charge in [0.15, 0.2) is 11.5 Å². The van der Waals surface area contributed by atoms with Gasteiger partial charge in [-0.15, -0.1) is 0 Å². The molecule has 2 N–H and O–H groups in total. The van der Waals surface area contributed by atoms with Gasteiger partial charge in [0, 0.05) is 5.56 Å². The van der Waals surface area contributed by atoms with E-state index in [0.29, 0.717) is 28.5 Å².